The van der Waals surface area contributed by atoms with Crippen LogP contribution in [0.2, 0.25) is 0 Å². The van der Waals surface area contributed by atoms with Crippen LogP contribution in [0.15, 0.2) is 36.5 Å². The molecule has 0 bridgehead atoms. The molecule has 1 N–H and O–H groups in total. The summed E-state index contributed by atoms with van der Waals surface area (Å²) in [7, 11) is 1.86. The lowest BCUT2D eigenvalue weighted by atomic mass is 10.1. The molecule has 1 saturated heterocycles. The molecule has 1 aromatic carbocycles. The highest BCUT2D eigenvalue weighted by atomic mass is 16.1. The molecular formula is C24H32N6O. The summed E-state index contributed by atoms with van der Waals surface area (Å²) >= 11 is 0. The van der Waals surface area contributed by atoms with Crippen molar-refractivity contribution in [3.05, 3.63) is 59.0 Å². The standard InChI is InChI=1S/C24H32N6O/c1-6-28-11-13-29(14-12-28)20-9-10-22(17(2)15-20)26-23(31)21-16-25-27(5)24(21)30-18(3)7-8-19(30)4/h7-10,15-16H,6,11-14H2,1-5H3,(H,26,31). The van der Waals surface area contributed by atoms with E-state index in [4.69, 9.17) is 0 Å². The third kappa shape index (κ3) is 4.10. The summed E-state index contributed by atoms with van der Waals surface area (Å²) in [4.78, 5) is 18.1. The molecule has 7 heteroatoms. The quantitative estimate of drug-likeness (QED) is 0.686. The number of anilines is 2. The average molecular weight is 421 g/mol. The van der Waals surface area contributed by atoms with Crippen molar-refractivity contribution in [1.82, 2.24) is 19.2 Å². The molecule has 0 atom stereocenters. The Kier molecular flexibility index (Phi) is 5.87. The molecule has 0 radical (unpaired) electrons. The van der Waals surface area contributed by atoms with Gasteiger partial charge in [-0.05, 0) is 63.2 Å². The second-order valence-electron chi connectivity index (χ2n) is 8.33. The predicted molar refractivity (Wildman–Crippen MR) is 125 cm³/mol. The van der Waals surface area contributed by atoms with Crippen molar-refractivity contribution in [2.45, 2.75) is 27.7 Å². The summed E-state index contributed by atoms with van der Waals surface area (Å²) in [5.41, 5.74) is 5.80. The summed E-state index contributed by atoms with van der Waals surface area (Å²) in [6, 6.07) is 10.4. The molecule has 3 heterocycles. The summed E-state index contributed by atoms with van der Waals surface area (Å²) in [6.45, 7) is 13.7. The van der Waals surface area contributed by atoms with Crippen LogP contribution in [0.4, 0.5) is 11.4 Å². The van der Waals surface area contributed by atoms with Gasteiger partial charge in [0.15, 0.2) is 0 Å². The number of benzene rings is 1. The molecule has 0 aliphatic carbocycles. The number of likely N-dealkylation sites (N-methyl/N-ethyl adjacent to an activating group) is 1. The maximum Gasteiger partial charge on any atom is 0.261 e. The van der Waals surface area contributed by atoms with Gasteiger partial charge in [0, 0.05) is 56.0 Å². The van der Waals surface area contributed by atoms with E-state index in [1.54, 1.807) is 10.9 Å². The number of hydrogen-bond donors (Lipinski definition) is 1. The first kappa shape index (κ1) is 21.2. The number of hydrogen-bond acceptors (Lipinski definition) is 4. The number of rotatable bonds is 5. The molecule has 2 aromatic heterocycles. The summed E-state index contributed by atoms with van der Waals surface area (Å²) in [5, 5.41) is 7.45. The molecule has 0 unspecified atom stereocenters. The zero-order valence-corrected chi connectivity index (χ0v) is 19.1. The molecule has 3 aromatic rings. The predicted octanol–water partition coefficient (Wildman–Crippen LogP) is 3.53. The Morgan fingerprint density at radius 3 is 2.32 bits per heavy atom. The molecule has 7 nitrogen and oxygen atoms in total. The third-order valence-corrected chi connectivity index (χ3v) is 6.28. The minimum Gasteiger partial charge on any atom is -0.369 e. The number of piperazine rings is 1. The van der Waals surface area contributed by atoms with E-state index in [1.165, 1.54) is 5.69 Å². The van der Waals surface area contributed by atoms with Crippen molar-refractivity contribution in [1.29, 1.82) is 0 Å². The summed E-state index contributed by atoms with van der Waals surface area (Å²) < 4.78 is 3.81. The lowest BCUT2D eigenvalue weighted by molar-refractivity contribution is 0.102. The van der Waals surface area contributed by atoms with Gasteiger partial charge in [-0.3, -0.25) is 9.48 Å². The number of aryl methyl sites for hydroxylation is 4. The molecule has 4 rings (SSSR count). The number of amides is 1. The molecule has 31 heavy (non-hydrogen) atoms. The summed E-state index contributed by atoms with van der Waals surface area (Å²) in [6.07, 6.45) is 1.64. The first-order valence-corrected chi connectivity index (χ1v) is 11.0. The fourth-order valence-electron chi connectivity index (χ4n) is 4.36. The molecule has 0 spiro atoms. The van der Waals surface area contributed by atoms with E-state index in [0.717, 1.165) is 61.2 Å². The Morgan fingerprint density at radius 2 is 1.71 bits per heavy atom. The Labute approximate surface area is 184 Å². The van der Waals surface area contributed by atoms with Crippen LogP contribution in [0.25, 0.3) is 5.82 Å². The van der Waals surface area contributed by atoms with E-state index in [2.05, 4.69) is 43.8 Å². The minimum atomic E-state index is -0.150. The second kappa shape index (κ2) is 8.59. The van der Waals surface area contributed by atoms with Crippen LogP contribution in [0.1, 0.15) is 34.2 Å². The number of aromatic nitrogens is 3. The molecular weight excluding hydrogens is 388 g/mol. The van der Waals surface area contributed by atoms with Crippen LogP contribution >= 0.6 is 0 Å². The van der Waals surface area contributed by atoms with Crippen molar-refractivity contribution in [2.75, 3.05) is 42.9 Å². The first-order valence-electron chi connectivity index (χ1n) is 11.0. The van der Waals surface area contributed by atoms with E-state index in [0.29, 0.717) is 5.56 Å². The topological polar surface area (TPSA) is 58.3 Å². The van der Waals surface area contributed by atoms with E-state index in [1.807, 2.05) is 46.0 Å². The number of carbonyl (C=O) groups is 1. The van der Waals surface area contributed by atoms with Gasteiger partial charge in [-0.15, -0.1) is 0 Å². The minimum absolute atomic E-state index is 0.150. The summed E-state index contributed by atoms with van der Waals surface area (Å²) in [5.74, 6) is 0.628. The van der Waals surface area contributed by atoms with Gasteiger partial charge in [0.2, 0.25) is 0 Å². The molecule has 1 aliphatic rings. The van der Waals surface area contributed by atoms with Crippen molar-refractivity contribution < 1.29 is 4.79 Å². The van der Waals surface area contributed by atoms with Gasteiger partial charge < -0.3 is 19.7 Å². The Balaban J connectivity index is 1.54. The van der Waals surface area contributed by atoms with Crippen molar-refractivity contribution in [3.8, 4) is 5.82 Å². The lowest BCUT2D eigenvalue weighted by Gasteiger charge is -2.35. The van der Waals surface area contributed by atoms with Crippen LogP contribution in [0, 0.1) is 20.8 Å². The zero-order chi connectivity index (χ0) is 22.1. The smallest absolute Gasteiger partial charge is 0.261 e. The highest BCUT2D eigenvalue weighted by Crippen LogP contribution is 2.26. The monoisotopic (exact) mass is 420 g/mol. The van der Waals surface area contributed by atoms with E-state index >= 15 is 0 Å². The Hall–Kier alpha value is -3.06. The maximum atomic E-state index is 13.2. The molecule has 1 amide bonds. The van der Waals surface area contributed by atoms with Crippen LogP contribution in [0.3, 0.4) is 0 Å². The maximum absolute atomic E-state index is 13.2. The normalized spacial score (nSPS) is 14.8. The number of carbonyl (C=O) groups excluding carboxylic acids is 1. The number of nitrogens with zero attached hydrogens (tertiary/aromatic N) is 5. The van der Waals surface area contributed by atoms with Gasteiger partial charge in [0.1, 0.15) is 11.4 Å². The molecule has 0 saturated carbocycles. The fourth-order valence-corrected chi connectivity index (χ4v) is 4.36. The zero-order valence-electron chi connectivity index (χ0n) is 19.1. The van der Waals surface area contributed by atoms with Crippen molar-refractivity contribution in [3.63, 3.8) is 0 Å². The van der Waals surface area contributed by atoms with Gasteiger partial charge in [0.25, 0.3) is 5.91 Å². The van der Waals surface area contributed by atoms with Crippen molar-refractivity contribution >= 4 is 17.3 Å². The van der Waals surface area contributed by atoms with Crippen LogP contribution in [-0.2, 0) is 7.05 Å². The average Bonchev–Trinajstić information content (AvgIpc) is 3.30. The molecule has 1 fully saturated rings. The number of nitrogens with one attached hydrogen (secondary N) is 1. The van der Waals surface area contributed by atoms with Gasteiger partial charge in [-0.25, -0.2) is 0 Å². The first-order chi connectivity index (χ1) is 14.9. The Morgan fingerprint density at radius 1 is 1.03 bits per heavy atom. The Bertz CT molecular complexity index is 1070. The SMILES string of the molecule is CCN1CCN(c2ccc(NC(=O)c3cnn(C)c3-n3c(C)ccc3C)c(C)c2)CC1. The van der Waals surface area contributed by atoms with Crippen LogP contribution in [0.5, 0.6) is 0 Å². The van der Waals surface area contributed by atoms with E-state index in [-0.39, 0.29) is 5.91 Å². The van der Waals surface area contributed by atoms with Gasteiger partial charge in [0.05, 0.1) is 6.20 Å². The van der Waals surface area contributed by atoms with E-state index in [9.17, 15) is 4.79 Å². The van der Waals surface area contributed by atoms with Gasteiger partial charge in [-0.1, -0.05) is 6.92 Å². The molecule has 1 aliphatic heterocycles. The van der Waals surface area contributed by atoms with Gasteiger partial charge in [-0.2, -0.15) is 5.10 Å². The lowest BCUT2D eigenvalue weighted by Crippen LogP contribution is -2.46. The van der Waals surface area contributed by atoms with Crippen LogP contribution in [-0.4, -0.2) is 57.9 Å². The highest BCUT2D eigenvalue weighted by Gasteiger charge is 2.21. The second-order valence-corrected chi connectivity index (χ2v) is 8.33. The van der Waals surface area contributed by atoms with E-state index < -0.39 is 0 Å². The molecule has 164 valence electrons. The fraction of sp³-hybridized carbons (Fsp3) is 0.417. The largest absolute Gasteiger partial charge is 0.369 e. The van der Waals surface area contributed by atoms with Crippen molar-refractivity contribution in [2.24, 2.45) is 7.05 Å². The third-order valence-electron chi connectivity index (χ3n) is 6.28. The van der Waals surface area contributed by atoms with Gasteiger partial charge >= 0.3 is 0 Å². The van der Waals surface area contributed by atoms with Crippen LogP contribution < -0.4 is 10.2 Å². The highest BCUT2D eigenvalue weighted by molar-refractivity contribution is 6.06.